The first-order valence-corrected chi connectivity index (χ1v) is 3.16. The van der Waals surface area contributed by atoms with Crippen molar-refractivity contribution in [1.82, 2.24) is 4.90 Å². The zero-order valence-corrected chi connectivity index (χ0v) is 6.33. The first kappa shape index (κ1) is 8.21. The van der Waals surface area contributed by atoms with Crippen molar-refractivity contribution in [3.63, 3.8) is 0 Å². The van der Waals surface area contributed by atoms with E-state index in [1.165, 1.54) is 0 Å². The normalized spacial score (nSPS) is 11.4. The van der Waals surface area contributed by atoms with E-state index in [2.05, 4.69) is 11.9 Å². The molecule has 2 heteroatoms. The molecular formula is C7H14N2. The van der Waals surface area contributed by atoms with Gasteiger partial charge in [0.25, 0.3) is 0 Å². The van der Waals surface area contributed by atoms with Crippen LogP contribution >= 0.6 is 0 Å². The van der Waals surface area contributed by atoms with Crippen molar-refractivity contribution in [3.05, 3.63) is 12.3 Å². The van der Waals surface area contributed by atoms with Gasteiger partial charge in [0.15, 0.2) is 0 Å². The summed E-state index contributed by atoms with van der Waals surface area (Å²) in [7, 11) is 1.99. The molecule has 2 nitrogen and oxygen atoms in total. The summed E-state index contributed by atoms with van der Waals surface area (Å²) in [5.74, 6) is 0. The second-order valence-electron chi connectivity index (χ2n) is 1.82. The molecule has 0 aromatic heterocycles. The lowest BCUT2D eigenvalue weighted by atomic mass is 10.7. The largest absolute Gasteiger partial charge is 0.366 e. The Balaban J connectivity index is 3.43. The highest BCUT2D eigenvalue weighted by Gasteiger charge is 1.79. The van der Waals surface area contributed by atoms with Crippen LogP contribution in [0.5, 0.6) is 0 Å². The van der Waals surface area contributed by atoms with Gasteiger partial charge in [-0.2, -0.15) is 0 Å². The van der Waals surface area contributed by atoms with Crippen LogP contribution in [0.1, 0.15) is 13.8 Å². The van der Waals surface area contributed by atoms with Crippen molar-refractivity contribution in [1.29, 1.82) is 0 Å². The number of hydrogen-bond acceptors (Lipinski definition) is 1. The minimum Gasteiger partial charge on any atom is -0.366 e. The third-order valence-electron chi connectivity index (χ3n) is 0.998. The fourth-order valence-electron chi connectivity index (χ4n) is 0.320. The molecule has 0 aliphatic rings. The Hall–Kier alpha value is -0.790. The van der Waals surface area contributed by atoms with Gasteiger partial charge in [-0.25, -0.2) is 4.99 Å². The summed E-state index contributed by atoms with van der Waals surface area (Å²) in [5, 5.41) is 0. The second-order valence-corrected chi connectivity index (χ2v) is 1.82. The minimum absolute atomic E-state index is 1.00. The predicted octanol–water partition coefficient (Wildman–Crippen LogP) is 1.50. The fraction of sp³-hybridized carbons (Fsp3) is 0.571. The molecule has 0 rings (SSSR count). The maximum Gasteiger partial charge on any atom is 0.0902 e. The van der Waals surface area contributed by atoms with E-state index >= 15 is 0 Å². The lowest BCUT2D eigenvalue weighted by Crippen LogP contribution is -2.14. The summed E-state index contributed by atoms with van der Waals surface area (Å²) in [5.41, 5.74) is 0. The van der Waals surface area contributed by atoms with E-state index in [1.54, 1.807) is 12.5 Å². The van der Waals surface area contributed by atoms with Crippen molar-refractivity contribution in [2.24, 2.45) is 4.99 Å². The van der Waals surface area contributed by atoms with Crippen LogP contribution in [0, 0.1) is 0 Å². The summed E-state index contributed by atoms with van der Waals surface area (Å²) in [6.07, 6.45) is 5.48. The molecule has 0 radical (unpaired) electrons. The van der Waals surface area contributed by atoms with Gasteiger partial charge in [-0.05, 0) is 13.8 Å². The maximum absolute atomic E-state index is 3.98. The predicted molar refractivity (Wildman–Crippen MR) is 41.6 cm³/mol. The van der Waals surface area contributed by atoms with Gasteiger partial charge in [0.05, 0.1) is 6.34 Å². The standard InChI is InChI=1S/C7H14N2/c1-4-6-8-7-9(3)5-2/h4,6-7H,5H2,1-3H3/b6-4+,8-7?. The molecule has 0 heterocycles. The Morgan fingerprint density at radius 2 is 2.22 bits per heavy atom. The third kappa shape index (κ3) is 5.07. The van der Waals surface area contributed by atoms with Gasteiger partial charge in [0, 0.05) is 19.8 Å². The van der Waals surface area contributed by atoms with E-state index in [0.29, 0.717) is 0 Å². The molecule has 9 heavy (non-hydrogen) atoms. The van der Waals surface area contributed by atoms with Gasteiger partial charge in [0.1, 0.15) is 0 Å². The summed E-state index contributed by atoms with van der Waals surface area (Å²) in [4.78, 5) is 5.99. The number of hydrogen-bond donors (Lipinski definition) is 0. The monoisotopic (exact) mass is 126 g/mol. The van der Waals surface area contributed by atoms with Crippen LogP contribution in [0.3, 0.4) is 0 Å². The number of aliphatic imine (C=N–C) groups is 1. The number of allylic oxidation sites excluding steroid dienone is 1. The third-order valence-corrected chi connectivity index (χ3v) is 0.998. The molecule has 0 aromatic rings. The lowest BCUT2D eigenvalue weighted by molar-refractivity contribution is 0.552. The van der Waals surface area contributed by atoms with Crippen LogP contribution in [0.2, 0.25) is 0 Å². The SMILES string of the molecule is C/C=C/N=CN(C)CC. The second kappa shape index (κ2) is 5.35. The van der Waals surface area contributed by atoms with Crippen LogP contribution in [0.25, 0.3) is 0 Å². The fourth-order valence-corrected chi connectivity index (χ4v) is 0.320. The van der Waals surface area contributed by atoms with Crippen molar-refractivity contribution in [2.75, 3.05) is 13.6 Å². The highest BCUT2D eigenvalue weighted by Crippen LogP contribution is 1.75. The zero-order chi connectivity index (χ0) is 7.11. The quantitative estimate of drug-likeness (QED) is 0.413. The molecule has 0 N–H and O–H groups in total. The van der Waals surface area contributed by atoms with Gasteiger partial charge in [-0.15, -0.1) is 0 Å². The smallest absolute Gasteiger partial charge is 0.0902 e. The van der Waals surface area contributed by atoms with Crippen LogP contribution in [0.15, 0.2) is 17.3 Å². The highest BCUT2D eigenvalue weighted by atomic mass is 15.1. The van der Waals surface area contributed by atoms with Crippen molar-refractivity contribution in [3.8, 4) is 0 Å². The minimum atomic E-state index is 1.00. The Bertz CT molecular complexity index is 105. The molecule has 0 saturated heterocycles. The number of nitrogens with zero attached hydrogens (tertiary/aromatic N) is 2. The maximum atomic E-state index is 3.98. The van der Waals surface area contributed by atoms with Crippen LogP contribution < -0.4 is 0 Å². The summed E-state index contributed by atoms with van der Waals surface area (Å²) < 4.78 is 0. The molecule has 52 valence electrons. The first-order chi connectivity index (χ1) is 4.31. The van der Waals surface area contributed by atoms with Crippen molar-refractivity contribution >= 4 is 6.34 Å². The van der Waals surface area contributed by atoms with E-state index in [1.807, 2.05) is 24.9 Å². The van der Waals surface area contributed by atoms with Gasteiger partial charge < -0.3 is 4.90 Å². The van der Waals surface area contributed by atoms with Crippen LogP contribution in [-0.4, -0.2) is 24.8 Å². The average molecular weight is 126 g/mol. The molecule has 0 unspecified atom stereocenters. The summed E-state index contributed by atoms with van der Waals surface area (Å²) in [6.45, 7) is 5.03. The molecule has 0 bridgehead atoms. The van der Waals surface area contributed by atoms with E-state index in [-0.39, 0.29) is 0 Å². The molecule has 0 aliphatic heterocycles. The van der Waals surface area contributed by atoms with Crippen LogP contribution in [0.4, 0.5) is 0 Å². The Morgan fingerprint density at radius 3 is 2.67 bits per heavy atom. The molecular weight excluding hydrogens is 112 g/mol. The number of rotatable bonds is 3. The lowest BCUT2D eigenvalue weighted by Gasteiger charge is -2.06. The van der Waals surface area contributed by atoms with E-state index < -0.39 is 0 Å². The van der Waals surface area contributed by atoms with Crippen molar-refractivity contribution in [2.45, 2.75) is 13.8 Å². The molecule has 0 saturated carbocycles. The van der Waals surface area contributed by atoms with Gasteiger partial charge in [-0.1, -0.05) is 6.08 Å². The Kier molecular flexibility index (Phi) is 4.88. The Morgan fingerprint density at radius 1 is 1.56 bits per heavy atom. The van der Waals surface area contributed by atoms with Gasteiger partial charge >= 0.3 is 0 Å². The first-order valence-electron chi connectivity index (χ1n) is 3.16. The van der Waals surface area contributed by atoms with Crippen molar-refractivity contribution < 1.29 is 0 Å². The molecule has 0 amide bonds. The Labute approximate surface area is 56.9 Å². The molecule has 0 aromatic carbocycles. The molecule has 0 spiro atoms. The molecule has 0 fully saturated rings. The van der Waals surface area contributed by atoms with Gasteiger partial charge in [0.2, 0.25) is 0 Å². The topological polar surface area (TPSA) is 15.6 Å². The van der Waals surface area contributed by atoms with E-state index in [4.69, 9.17) is 0 Å². The zero-order valence-electron chi connectivity index (χ0n) is 6.33. The summed E-state index contributed by atoms with van der Waals surface area (Å²) in [6, 6.07) is 0. The average Bonchev–Trinajstić information content (AvgIpc) is 1.89. The molecule has 0 atom stereocenters. The van der Waals surface area contributed by atoms with E-state index in [0.717, 1.165) is 6.54 Å². The van der Waals surface area contributed by atoms with Gasteiger partial charge in [-0.3, -0.25) is 0 Å². The summed E-state index contributed by atoms with van der Waals surface area (Å²) >= 11 is 0. The van der Waals surface area contributed by atoms with E-state index in [9.17, 15) is 0 Å². The molecule has 0 aliphatic carbocycles. The highest BCUT2D eigenvalue weighted by molar-refractivity contribution is 5.55. The van der Waals surface area contributed by atoms with Crippen LogP contribution in [-0.2, 0) is 0 Å².